The Balaban J connectivity index is 1.54. The number of halogens is 1. The van der Waals surface area contributed by atoms with Gasteiger partial charge in [0.05, 0.1) is 18.7 Å². The average Bonchev–Trinajstić information content (AvgIpc) is 3.49. The number of pyridine rings is 1. The number of ether oxygens (including phenoxy) is 2. The van der Waals surface area contributed by atoms with Crippen LogP contribution in [0.1, 0.15) is 13.3 Å². The lowest BCUT2D eigenvalue weighted by molar-refractivity contribution is 0.134. The van der Waals surface area contributed by atoms with Gasteiger partial charge in [-0.2, -0.15) is 0 Å². The van der Waals surface area contributed by atoms with Crippen molar-refractivity contribution in [2.24, 2.45) is 0 Å². The molecule has 174 valence electrons. The van der Waals surface area contributed by atoms with Gasteiger partial charge in [0.15, 0.2) is 0 Å². The van der Waals surface area contributed by atoms with Crippen LogP contribution in [0, 0.1) is 5.82 Å². The van der Waals surface area contributed by atoms with E-state index in [1.54, 1.807) is 18.5 Å². The van der Waals surface area contributed by atoms with Gasteiger partial charge in [0, 0.05) is 42.7 Å². The molecule has 0 bridgehead atoms. The number of fused-ring (bicyclic) bond motifs is 1. The fourth-order valence-corrected chi connectivity index (χ4v) is 3.70. The highest BCUT2D eigenvalue weighted by molar-refractivity contribution is 5.98. The number of carbonyl (C=O) groups is 1. The number of H-pyrrole nitrogens is 1. The van der Waals surface area contributed by atoms with Crippen molar-refractivity contribution in [3.05, 3.63) is 48.7 Å². The van der Waals surface area contributed by atoms with E-state index in [2.05, 4.69) is 35.6 Å². The van der Waals surface area contributed by atoms with Crippen LogP contribution in [0.4, 0.5) is 15.1 Å². The van der Waals surface area contributed by atoms with E-state index < -0.39 is 11.8 Å². The van der Waals surface area contributed by atoms with Crippen molar-refractivity contribution in [1.82, 2.24) is 30.2 Å². The van der Waals surface area contributed by atoms with Gasteiger partial charge in [-0.15, -0.1) is 0 Å². The van der Waals surface area contributed by atoms with Gasteiger partial charge in [-0.25, -0.2) is 24.1 Å². The van der Waals surface area contributed by atoms with Crippen molar-refractivity contribution >= 4 is 23.0 Å². The van der Waals surface area contributed by atoms with E-state index >= 15 is 0 Å². The normalized spacial score (nSPS) is 15.4. The van der Waals surface area contributed by atoms with Crippen LogP contribution in [0.3, 0.4) is 0 Å². The molecule has 10 nitrogen and oxygen atoms in total. The molecule has 1 saturated heterocycles. The molecule has 3 aromatic heterocycles. The van der Waals surface area contributed by atoms with Crippen molar-refractivity contribution in [1.29, 1.82) is 0 Å². The minimum absolute atomic E-state index is 0.0539. The van der Waals surface area contributed by atoms with Gasteiger partial charge < -0.3 is 19.8 Å². The van der Waals surface area contributed by atoms with Crippen molar-refractivity contribution in [3.63, 3.8) is 0 Å². The van der Waals surface area contributed by atoms with Crippen LogP contribution in [-0.4, -0.2) is 56.8 Å². The first kappa shape index (κ1) is 21.7. The third-order valence-electron chi connectivity index (χ3n) is 5.29. The Kier molecular flexibility index (Phi) is 6.00. The summed E-state index contributed by atoms with van der Waals surface area (Å²) in [5.74, 6) is -0.254. The number of benzene rings is 1. The maximum atomic E-state index is 14.7. The Hall–Kier alpha value is -4.12. The maximum Gasteiger partial charge on any atom is 0.321 e. The number of imidazole rings is 1. The Labute approximate surface area is 194 Å². The molecule has 1 aliphatic rings. The largest absolute Gasteiger partial charge is 0.458 e. The number of rotatable bonds is 6. The van der Waals surface area contributed by atoms with Crippen molar-refractivity contribution in [2.45, 2.75) is 19.4 Å². The lowest BCUT2D eigenvalue weighted by Gasteiger charge is -2.10. The summed E-state index contributed by atoms with van der Waals surface area (Å²) in [4.78, 5) is 32.3. The Morgan fingerprint density at radius 1 is 1.26 bits per heavy atom. The number of hydrogen-bond donors (Lipinski definition) is 3. The Morgan fingerprint density at radius 2 is 2.12 bits per heavy atom. The summed E-state index contributed by atoms with van der Waals surface area (Å²) in [7, 11) is 0. The number of hydrogen-bond acceptors (Lipinski definition) is 7. The summed E-state index contributed by atoms with van der Waals surface area (Å²) in [5.41, 5.74) is 3.09. The van der Waals surface area contributed by atoms with E-state index in [1.807, 2.05) is 13.0 Å². The molecule has 1 fully saturated rings. The number of anilines is 1. The molecule has 1 unspecified atom stereocenters. The van der Waals surface area contributed by atoms with Crippen LogP contribution in [0.5, 0.6) is 6.01 Å². The number of aromatic amines is 1. The number of amides is 2. The molecule has 11 heteroatoms. The Bertz CT molecular complexity index is 1320. The summed E-state index contributed by atoms with van der Waals surface area (Å²) in [5, 5.41) is 5.29. The monoisotopic (exact) mass is 463 g/mol. The van der Waals surface area contributed by atoms with Crippen molar-refractivity contribution in [2.75, 3.05) is 25.1 Å². The molecule has 34 heavy (non-hydrogen) atoms. The zero-order valence-electron chi connectivity index (χ0n) is 18.3. The zero-order chi connectivity index (χ0) is 23.5. The van der Waals surface area contributed by atoms with Crippen LogP contribution < -0.4 is 15.4 Å². The van der Waals surface area contributed by atoms with E-state index in [9.17, 15) is 9.18 Å². The molecule has 0 aliphatic carbocycles. The lowest BCUT2D eigenvalue weighted by atomic mass is 10.0. The van der Waals surface area contributed by atoms with Crippen molar-refractivity contribution < 1.29 is 18.7 Å². The maximum absolute atomic E-state index is 14.7. The van der Waals surface area contributed by atoms with Gasteiger partial charge in [-0.3, -0.25) is 10.3 Å². The van der Waals surface area contributed by atoms with Crippen LogP contribution in [0.15, 0.2) is 42.9 Å². The molecule has 1 aromatic carbocycles. The molecule has 0 radical (unpaired) electrons. The molecule has 5 rings (SSSR count). The second kappa shape index (κ2) is 9.40. The number of urea groups is 1. The van der Waals surface area contributed by atoms with Crippen LogP contribution in [-0.2, 0) is 4.74 Å². The van der Waals surface area contributed by atoms with E-state index in [4.69, 9.17) is 9.47 Å². The van der Waals surface area contributed by atoms with Crippen LogP contribution in [0.25, 0.3) is 33.4 Å². The molecule has 0 saturated carbocycles. The van der Waals surface area contributed by atoms with Crippen LogP contribution >= 0.6 is 0 Å². The summed E-state index contributed by atoms with van der Waals surface area (Å²) in [6.07, 6.45) is 5.54. The first-order valence-corrected chi connectivity index (χ1v) is 10.9. The minimum Gasteiger partial charge on any atom is -0.458 e. The first-order chi connectivity index (χ1) is 16.6. The highest BCUT2D eigenvalue weighted by Crippen LogP contribution is 2.34. The molecule has 4 aromatic rings. The lowest BCUT2D eigenvalue weighted by Crippen LogP contribution is -2.28. The van der Waals surface area contributed by atoms with E-state index in [0.717, 1.165) is 12.0 Å². The van der Waals surface area contributed by atoms with Crippen LogP contribution in [0.2, 0.25) is 0 Å². The SMILES string of the molecule is CCNC(=O)Nc1nc2c(-c3ncccc3F)cc(-c3cnc(OC4CCOC4)nc3)cc2[nH]1. The number of nitrogens with zero attached hydrogens (tertiary/aromatic N) is 4. The smallest absolute Gasteiger partial charge is 0.321 e. The van der Waals surface area contributed by atoms with Gasteiger partial charge >= 0.3 is 12.0 Å². The fourth-order valence-electron chi connectivity index (χ4n) is 3.70. The molecular formula is C23H22FN7O3. The molecule has 1 atom stereocenters. The van der Waals surface area contributed by atoms with E-state index in [0.29, 0.717) is 41.9 Å². The summed E-state index contributed by atoms with van der Waals surface area (Å²) in [6.45, 7) is 3.46. The molecule has 4 heterocycles. The average molecular weight is 463 g/mol. The predicted octanol–water partition coefficient (Wildman–Crippen LogP) is 3.53. The summed E-state index contributed by atoms with van der Waals surface area (Å²) < 4.78 is 25.7. The number of nitrogens with one attached hydrogen (secondary N) is 3. The highest BCUT2D eigenvalue weighted by atomic mass is 19.1. The zero-order valence-corrected chi connectivity index (χ0v) is 18.3. The first-order valence-electron chi connectivity index (χ1n) is 10.9. The minimum atomic E-state index is -0.485. The standard InChI is InChI=1S/C23H22FN7O3/c1-2-25-22(32)31-21-29-18-9-13(8-16(20(18)30-21)19-17(24)4-3-6-26-19)14-10-27-23(28-11-14)34-15-5-7-33-12-15/h3-4,6,8-11,15H,2,5,7,12H2,1H3,(H3,25,29,30,31,32). The topological polar surface area (TPSA) is 127 Å². The Morgan fingerprint density at radius 3 is 2.85 bits per heavy atom. The summed E-state index contributed by atoms with van der Waals surface area (Å²) >= 11 is 0. The van der Waals surface area contributed by atoms with Gasteiger partial charge in [0.25, 0.3) is 0 Å². The third kappa shape index (κ3) is 4.50. The second-order valence-corrected chi connectivity index (χ2v) is 7.68. The highest BCUT2D eigenvalue weighted by Gasteiger charge is 2.19. The molecule has 1 aliphatic heterocycles. The quantitative estimate of drug-likeness (QED) is 0.399. The number of carbonyl (C=O) groups excluding carboxylic acids is 1. The van der Waals surface area contributed by atoms with Gasteiger partial charge in [0.1, 0.15) is 23.1 Å². The van der Waals surface area contributed by atoms with E-state index in [1.165, 1.54) is 18.3 Å². The number of aromatic nitrogens is 5. The molecule has 3 N–H and O–H groups in total. The van der Waals surface area contributed by atoms with Crippen molar-refractivity contribution in [3.8, 4) is 28.4 Å². The van der Waals surface area contributed by atoms with Gasteiger partial charge in [-0.1, -0.05) is 0 Å². The fraction of sp³-hybridized carbons (Fsp3) is 0.261. The van der Waals surface area contributed by atoms with Gasteiger partial charge in [0.2, 0.25) is 5.95 Å². The molecular weight excluding hydrogens is 441 g/mol. The third-order valence-corrected chi connectivity index (χ3v) is 5.29. The second-order valence-electron chi connectivity index (χ2n) is 7.68. The van der Waals surface area contributed by atoms with Gasteiger partial charge in [-0.05, 0) is 36.8 Å². The van der Waals surface area contributed by atoms with E-state index in [-0.39, 0.29) is 23.8 Å². The summed E-state index contributed by atoms with van der Waals surface area (Å²) in [6, 6.07) is 6.33. The molecule has 2 amide bonds. The predicted molar refractivity (Wildman–Crippen MR) is 123 cm³/mol. The molecule has 0 spiro atoms.